The van der Waals surface area contributed by atoms with Crippen molar-refractivity contribution in [1.29, 1.82) is 0 Å². The molecule has 2 fully saturated rings. The summed E-state index contributed by atoms with van der Waals surface area (Å²) in [5, 5.41) is 13.6. The van der Waals surface area contributed by atoms with Crippen LogP contribution in [0.1, 0.15) is 62.2 Å². The topological polar surface area (TPSA) is 82.5 Å². The summed E-state index contributed by atoms with van der Waals surface area (Å²) in [4.78, 5) is 4.49. The predicted molar refractivity (Wildman–Crippen MR) is 122 cm³/mol. The van der Waals surface area contributed by atoms with Crippen molar-refractivity contribution in [1.82, 2.24) is 14.7 Å². The average Bonchev–Trinajstić information content (AvgIpc) is 3.47. The summed E-state index contributed by atoms with van der Waals surface area (Å²) in [5.41, 5.74) is 2.73. The maximum Gasteiger partial charge on any atom is 0.167 e. The first-order valence-electron chi connectivity index (χ1n) is 11.7. The first kappa shape index (κ1) is 21.9. The van der Waals surface area contributed by atoms with E-state index in [2.05, 4.69) is 22.0 Å². The Kier molecular flexibility index (Phi) is 6.58. The molecule has 1 N–H and O–H groups in total. The van der Waals surface area contributed by atoms with Gasteiger partial charge in [-0.3, -0.25) is 0 Å². The Morgan fingerprint density at radius 1 is 1.24 bits per heavy atom. The van der Waals surface area contributed by atoms with Crippen molar-refractivity contribution < 1.29 is 19.1 Å². The molecule has 172 valence electrons. The van der Waals surface area contributed by atoms with Crippen LogP contribution in [0.25, 0.3) is 11.3 Å². The van der Waals surface area contributed by atoms with Gasteiger partial charge in [0.15, 0.2) is 12.1 Å². The number of hydrogen-bond donors (Lipinski definition) is 1. The van der Waals surface area contributed by atoms with Crippen LogP contribution in [0.15, 0.2) is 47.2 Å². The van der Waals surface area contributed by atoms with Crippen molar-refractivity contribution in [2.75, 3.05) is 6.61 Å². The molecule has 0 spiro atoms. The van der Waals surface area contributed by atoms with Gasteiger partial charge in [0.25, 0.3) is 0 Å². The lowest BCUT2D eigenvalue weighted by atomic mass is 9.83. The van der Waals surface area contributed by atoms with Gasteiger partial charge >= 0.3 is 0 Å². The average molecular weight is 448 g/mol. The van der Waals surface area contributed by atoms with E-state index in [1.165, 1.54) is 0 Å². The summed E-state index contributed by atoms with van der Waals surface area (Å²) >= 11 is 0. The van der Waals surface area contributed by atoms with Crippen LogP contribution in [0.2, 0.25) is 0 Å². The van der Waals surface area contributed by atoms with E-state index in [-0.39, 0.29) is 18.5 Å². The minimum absolute atomic E-state index is 0.162. The number of imidazole rings is 1. The second-order valence-corrected chi connectivity index (χ2v) is 8.84. The molecule has 3 heterocycles. The monoisotopic (exact) mass is 447 g/mol. The molecular weight excluding hydrogens is 418 g/mol. The summed E-state index contributed by atoms with van der Waals surface area (Å²) in [7, 11) is 0. The summed E-state index contributed by atoms with van der Waals surface area (Å²) in [5.74, 6) is 8.28. The van der Waals surface area contributed by atoms with Gasteiger partial charge in [0.05, 0.1) is 12.6 Å². The maximum absolute atomic E-state index is 9.37. The third kappa shape index (κ3) is 5.36. The van der Waals surface area contributed by atoms with Gasteiger partial charge in [0.2, 0.25) is 0 Å². The van der Waals surface area contributed by atoms with E-state index in [4.69, 9.17) is 14.0 Å². The Morgan fingerprint density at radius 2 is 2.09 bits per heavy atom. The zero-order chi connectivity index (χ0) is 22.6. The second-order valence-electron chi connectivity index (χ2n) is 8.84. The lowest BCUT2D eigenvalue weighted by molar-refractivity contribution is -0.188. The van der Waals surface area contributed by atoms with Crippen molar-refractivity contribution in [3.05, 3.63) is 59.8 Å². The van der Waals surface area contributed by atoms with Crippen LogP contribution in [-0.4, -0.2) is 38.8 Å². The van der Waals surface area contributed by atoms with Crippen LogP contribution >= 0.6 is 0 Å². The van der Waals surface area contributed by atoms with Gasteiger partial charge in [-0.05, 0) is 63.3 Å². The van der Waals surface area contributed by atoms with Crippen LogP contribution in [0.3, 0.4) is 0 Å². The first-order chi connectivity index (χ1) is 16.1. The molecule has 1 saturated heterocycles. The molecule has 0 radical (unpaired) electrons. The van der Waals surface area contributed by atoms with Gasteiger partial charge < -0.3 is 23.7 Å². The van der Waals surface area contributed by atoms with Gasteiger partial charge in [0, 0.05) is 42.1 Å². The molecule has 7 nitrogen and oxygen atoms in total. The second kappa shape index (κ2) is 9.92. The van der Waals surface area contributed by atoms with E-state index in [9.17, 15) is 5.11 Å². The van der Waals surface area contributed by atoms with Gasteiger partial charge in [-0.15, -0.1) is 0 Å². The van der Waals surface area contributed by atoms with Crippen molar-refractivity contribution >= 4 is 0 Å². The number of benzene rings is 1. The number of aromatic nitrogens is 3. The van der Waals surface area contributed by atoms with Crippen molar-refractivity contribution in [3.8, 4) is 23.2 Å². The van der Waals surface area contributed by atoms with Gasteiger partial charge in [-0.25, -0.2) is 4.98 Å². The highest BCUT2D eigenvalue weighted by Crippen LogP contribution is 2.27. The number of hydrogen-bond acceptors (Lipinski definition) is 6. The van der Waals surface area contributed by atoms with Crippen molar-refractivity contribution in [3.63, 3.8) is 0 Å². The molecule has 0 bridgehead atoms. The molecule has 1 aromatic carbocycles. The Labute approximate surface area is 193 Å². The molecule has 3 aromatic rings. The fourth-order valence-corrected chi connectivity index (χ4v) is 4.23. The maximum atomic E-state index is 9.37. The Bertz CT molecular complexity index is 1110. The molecule has 1 unspecified atom stereocenters. The summed E-state index contributed by atoms with van der Waals surface area (Å²) in [6, 6.07) is 9.91. The molecular formula is C26H29N3O4. The third-order valence-electron chi connectivity index (χ3n) is 6.20. The van der Waals surface area contributed by atoms with Crippen LogP contribution in [0.4, 0.5) is 0 Å². The molecule has 33 heavy (non-hydrogen) atoms. The number of aliphatic hydroxyl groups is 1. The van der Waals surface area contributed by atoms with E-state index in [0.29, 0.717) is 18.2 Å². The lowest BCUT2D eigenvalue weighted by Crippen LogP contribution is -2.26. The summed E-state index contributed by atoms with van der Waals surface area (Å²) in [6.07, 6.45) is 7.91. The third-order valence-corrected chi connectivity index (χ3v) is 6.20. The zero-order valence-electron chi connectivity index (χ0n) is 18.8. The number of ether oxygens (including phenoxy) is 2. The minimum atomic E-state index is -0.175. The van der Waals surface area contributed by atoms with Crippen LogP contribution < -0.4 is 0 Å². The molecule has 2 atom stereocenters. The van der Waals surface area contributed by atoms with E-state index in [1.54, 1.807) is 6.20 Å². The highest BCUT2D eigenvalue weighted by molar-refractivity contribution is 5.59. The van der Waals surface area contributed by atoms with E-state index < -0.39 is 0 Å². The quantitative estimate of drug-likeness (QED) is 0.567. The lowest BCUT2D eigenvalue weighted by Gasteiger charge is -2.26. The predicted octanol–water partition coefficient (Wildman–Crippen LogP) is 4.31. The van der Waals surface area contributed by atoms with Gasteiger partial charge in [-0.1, -0.05) is 17.0 Å². The Hall–Kier alpha value is -2.92. The number of aliphatic hydroxyl groups excluding tert-OH is 1. The highest BCUT2D eigenvalue weighted by Gasteiger charge is 2.25. The SMILES string of the molecule is C[C@H](OC1CCCCO1)c1nccn1Cc1cc(-c2ccc(C#CC3CC(O)C3)cc2)on1. The number of rotatable bonds is 6. The molecule has 0 amide bonds. The van der Waals surface area contributed by atoms with Crippen LogP contribution in [0, 0.1) is 17.8 Å². The fourth-order valence-electron chi connectivity index (χ4n) is 4.23. The molecule has 1 aliphatic heterocycles. The largest absolute Gasteiger partial charge is 0.393 e. The molecule has 1 saturated carbocycles. The standard InChI is InChI=1S/C26H29N3O4/c1-18(32-25-4-2-3-13-31-25)26-27-11-12-29(26)17-22-16-24(33-28-22)21-9-7-19(8-10-21)5-6-20-14-23(30)15-20/h7-12,16,18,20,23,25,30H,2-4,13-15,17H2,1H3/t18-,20?,23?,25?/m0/s1. The molecule has 7 heteroatoms. The Morgan fingerprint density at radius 3 is 2.85 bits per heavy atom. The van der Waals surface area contributed by atoms with Gasteiger partial charge in [0.1, 0.15) is 17.6 Å². The molecule has 2 aliphatic rings. The van der Waals surface area contributed by atoms with E-state index in [1.807, 2.05) is 48.0 Å². The van der Waals surface area contributed by atoms with Crippen molar-refractivity contribution in [2.24, 2.45) is 5.92 Å². The molecule has 1 aliphatic carbocycles. The van der Waals surface area contributed by atoms with E-state index in [0.717, 1.165) is 61.4 Å². The minimum Gasteiger partial charge on any atom is -0.393 e. The van der Waals surface area contributed by atoms with E-state index >= 15 is 0 Å². The molecule has 2 aromatic heterocycles. The highest BCUT2D eigenvalue weighted by atomic mass is 16.7. The molecule has 5 rings (SSSR count). The van der Waals surface area contributed by atoms with Gasteiger partial charge in [-0.2, -0.15) is 0 Å². The summed E-state index contributed by atoms with van der Waals surface area (Å²) < 4.78 is 19.4. The normalized spacial score (nSPS) is 23.4. The smallest absolute Gasteiger partial charge is 0.167 e. The zero-order valence-corrected chi connectivity index (χ0v) is 18.8. The number of nitrogens with zero attached hydrogens (tertiary/aromatic N) is 3. The Balaban J connectivity index is 1.21. The van der Waals surface area contributed by atoms with Crippen LogP contribution in [0.5, 0.6) is 0 Å². The van der Waals surface area contributed by atoms with Crippen LogP contribution in [-0.2, 0) is 16.0 Å². The van der Waals surface area contributed by atoms with Crippen molar-refractivity contribution in [2.45, 2.75) is 64.1 Å². The fraction of sp³-hybridized carbons (Fsp3) is 0.462. The summed E-state index contributed by atoms with van der Waals surface area (Å²) in [6.45, 7) is 3.31. The first-order valence-corrected chi connectivity index (χ1v) is 11.7.